The lowest BCUT2D eigenvalue weighted by Crippen LogP contribution is -2.04. The smallest absolute Gasteiger partial charge is 0.356 e. The van der Waals surface area contributed by atoms with E-state index >= 15 is 0 Å². The maximum Gasteiger partial charge on any atom is 0.356 e. The van der Waals surface area contributed by atoms with E-state index in [1.54, 1.807) is 0 Å². The van der Waals surface area contributed by atoms with E-state index in [0.29, 0.717) is 0 Å². The minimum absolute atomic E-state index is 0.0293. The summed E-state index contributed by atoms with van der Waals surface area (Å²) in [4.78, 5) is 14.0. The molecule has 3 N–H and O–H groups in total. The molecule has 7 heteroatoms. The first-order valence-corrected chi connectivity index (χ1v) is 4.11. The van der Waals surface area contributed by atoms with Crippen molar-refractivity contribution in [1.82, 2.24) is 4.98 Å². The van der Waals surface area contributed by atoms with Crippen molar-refractivity contribution in [3.05, 3.63) is 20.9 Å². The number of aromatic nitrogens is 1. The van der Waals surface area contributed by atoms with E-state index in [1.807, 2.05) is 0 Å². The Labute approximate surface area is 88.2 Å². The monoisotopic (exact) mass is 240 g/mol. The van der Waals surface area contributed by atoms with Crippen molar-refractivity contribution in [2.75, 3.05) is 5.73 Å². The third-order valence-corrected chi connectivity index (χ3v) is 2.42. The molecule has 0 aliphatic heterocycles. The van der Waals surface area contributed by atoms with Gasteiger partial charge >= 0.3 is 5.97 Å². The Bertz CT molecular complexity index is 381. The van der Waals surface area contributed by atoms with E-state index in [9.17, 15) is 4.79 Å². The van der Waals surface area contributed by atoms with Gasteiger partial charge in [0.05, 0.1) is 15.7 Å². The Kier molecular flexibility index (Phi) is 2.85. The van der Waals surface area contributed by atoms with E-state index in [4.69, 9.17) is 45.6 Å². The van der Waals surface area contributed by atoms with E-state index in [2.05, 4.69) is 4.98 Å². The fraction of sp³-hybridized carbons (Fsp3) is 0. The minimum atomic E-state index is -1.31. The number of aromatic carboxylic acids is 1. The first-order valence-electron chi connectivity index (χ1n) is 2.98. The molecule has 0 unspecified atom stereocenters. The normalized spacial score (nSPS) is 10.1. The number of carboxylic acids is 1. The zero-order chi connectivity index (χ0) is 10.2. The van der Waals surface area contributed by atoms with Gasteiger partial charge in [0.15, 0.2) is 10.8 Å². The molecule has 0 fully saturated rings. The summed E-state index contributed by atoms with van der Waals surface area (Å²) in [7, 11) is 0. The summed E-state index contributed by atoms with van der Waals surface area (Å²) in [5.41, 5.74) is 4.91. The van der Waals surface area contributed by atoms with Gasteiger partial charge in [-0.05, 0) is 0 Å². The zero-order valence-electron chi connectivity index (χ0n) is 6.01. The summed E-state index contributed by atoms with van der Waals surface area (Å²) in [6.07, 6.45) is 0. The summed E-state index contributed by atoms with van der Waals surface area (Å²) in [6.45, 7) is 0. The van der Waals surface area contributed by atoms with Gasteiger partial charge in [-0.25, -0.2) is 9.78 Å². The van der Waals surface area contributed by atoms with Gasteiger partial charge in [-0.3, -0.25) is 0 Å². The van der Waals surface area contributed by atoms with Gasteiger partial charge in [-0.2, -0.15) is 0 Å². The van der Waals surface area contributed by atoms with Crippen LogP contribution >= 0.6 is 34.8 Å². The Balaban J connectivity index is 3.50. The second-order valence-corrected chi connectivity index (χ2v) is 3.21. The molecule has 0 saturated carbocycles. The number of pyridine rings is 1. The lowest BCUT2D eigenvalue weighted by atomic mass is 10.3. The number of hydrogen-bond donors (Lipinski definition) is 2. The zero-order valence-corrected chi connectivity index (χ0v) is 8.28. The number of carboxylic acid groups (broad SMARTS) is 1. The first-order chi connectivity index (χ1) is 5.95. The van der Waals surface area contributed by atoms with Gasteiger partial charge in [0, 0.05) is 0 Å². The predicted molar refractivity (Wildman–Crippen MR) is 50.6 cm³/mol. The molecule has 13 heavy (non-hydrogen) atoms. The van der Waals surface area contributed by atoms with E-state index in [0.717, 1.165) is 0 Å². The molecule has 70 valence electrons. The lowest BCUT2D eigenvalue weighted by Gasteiger charge is -2.04. The van der Waals surface area contributed by atoms with Crippen LogP contribution in [-0.2, 0) is 0 Å². The maximum absolute atomic E-state index is 10.5. The van der Waals surface area contributed by atoms with E-state index < -0.39 is 11.7 Å². The standard InChI is InChI=1S/C6H3Cl3N2O2/c7-1-2(8)4(6(12)13)11-5(9)3(1)10/h10H2,(H,12,13). The van der Waals surface area contributed by atoms with Crippen molar-refractivity contribution in [2.45, 2.75) is 0 Å². The third-order valence-electron chi connectivity index (χ3n) is 1.27. The van der Waals surface area contributed by atoms with Gasteiger partial charge in [-0.1, -0.05) is 34.8 Å². The van der Waals surface area contributed by atoms with Crippen LogP contribution in [0.4, 0.5) is 5.69 Å². The molecule has 1 heterocycles. The molecule has 1 rings (SSSR count). The van der Waals surface area contributed by atoms with E-state index in [1.165, 1.54) is 0 Å². The molecule has 4 nitrogen and oxygen atoms in total. The molecule has 1 aromatic heterocycles. The van der Waals surface area contributed by atoms with Crippen LogP contribution in [0.15, 0.2) is 0 Å². The van der Waals surface area contributed by atoms with Gasteiger partial charge < -0.3 is 10.8 Å². The van der Waals surface area contributed by atoms with Crippen LogP contribution in [0, 0.1) is 0 Å². The van der Waals surface area contributed by atoms with Crippen molar-refractivity contribution in [1.29, 1.82) is 0 Å². The van der Waals surface area contributed by atoms with Crippen molar-refractivity contribution in [3.8, 4) is 0 Å². The largest absolute Gasteiger partial charge is 0.476 e. The Morgan fingerprint density at radius 1 is 1.31 bits per heavy atom. The molecule has 0 bridgehead atoms. The summed E-state index contributed by atoms with van der Waals surface area (Å²) in [5.74, 6) is -1.31. The maximum atomic E-state index is 10.5. The third kappa shape index (κ3) is 1.80. The van der Waals surface area contributed by atoms with Crippen LogP contribution in [0.1, 0.15) is 10.5 Å². The summed E-state index contributed by atoms with van der Waals surface area (Å²) >= 11 is 16.6. The van der Waals surface area contributed by atoms with Crippen LogP contribution in [0.2, 0.25) is 15.2 Å². The molecule has 0 atom stereocenters. The molecular formula is C6H3Cl3N2O2. The number of nitrogens with two attached hydrogens (primary N) is 1. The predicted octanol–water partition coefficient (Wildman–Crippen LogP) is 2.32. The van der Waals surface area contributed by atoms with Crippen LogP contribution in [-0.4, -0.2) is 16.1 Å². The van der Waals surface area contributed by atoms with Crippen molar-refractivity contribution in [3.63, 3.8) is 0 Å². The van der Waals surface area contributed by atoms with Gasteiger partial charge in [0.1, 0.15) is 0 Å². The highest BCUT2D eigenvalue weighted by Crippen LogP contribution is 2.34. The number of halogens is 3. The van der Waals surface area contributed by atoms with Crippen molar-refractivity contribution >= 4 is 46.5 Å². The van der Waals surface area contributed by atoms with Crippen molar-refractivity contribution in [2.24, 2.45) is 0 Å². The van der Waals surface area contributed by atoms with Gasteiger partial charge in [-0.15, -0.1) is 0 Å². The molecule has 0 aliphatic carbocycles. The molecule has 0 amide bonds. The lowest BCUT2D eigenvalue weighted by molar-refractivity contribution is 0.0691. The molecule has 0 spiro atoms. The number of carbonyl (C=O) groups is 1. The molecule has 0 saturated heterocycles. The van der Waals surface area contributed by atoms with Gasteiger partial charge in [0.25, 0.3) is 0 Å². The highest BCUT2D eigenvalue weighted by atomic mass is 35.5. The van der Waals surface area contributed by atoms with Gasteiger partial charge in [0.2, 0.25) is 0 Å². The topological polar surface area (TPSA) is 76.2 Å². The van der Waals surface area contributed by atoms with E-state index in [-0.39, 0.29) is 20.9 Å². The number of rotatable bonds is 1. The van der Waals surface area contributed by atoms with Crippen LogP contribution in [0.25, 0.3) is 0 Å². The second kappa shape index (κ2) is 3.57. The average molecular weight is 241 g/mol. The Hall–Kier alpha value is -0.710. The molecule has 1 aromatic rings. The summed E-state index contributed by atoms with van der Waals surface area (Å²) in [5, 5.41) is 8.12. The first kappa shape index (κ1) is 10.4. The van der Waals surface area contributed by atoms with Crippen LogP contribution in [0.3, 0.4) is 0 Å². The highest BCUT2D eigenvalue weighted by Gasteiger charge is 2.18. The quantitative estimate of drug-likeness (QED) is 0.740. The molecular weight excluding hydrogens is 238 g/mol. The summed E-state index contributed by atoms with van der Waals surface area (Å²) in [6, 6.07) is 0. The van der Waals surface area contributed by atoms with Crippen LogP contribution < -0.4 is 5.73 Å². The molecule has 0 radical (unpaired) electrons. The van der Waals surface area contributed by atoms with Crippen LogP contribution in [0.5, 0.6) is 0 Å². The van der Waals surface area contributed by atoms with Crippen molar-refractivity contribution < 1.29 is 9.90 Å². The second-order valence-electron chi connectivity index (χ2n) is 2.10. The Morgan fingerprint density at radius 2 is 1.85 bits per heavy atom. The molecule has 0 aromatic carbocycles. The number of nitrogen functional groups attached to an aromatic ring is 1. The Morgan fingerprint density at radius 3 is 2.31 bits per heavy atom. The average Bonchev–Trinajstić information content (AvgIpc) is 2.07. The number of nitrogens with zero attached hydrogens (tertiary/aromatic N) is 1. The summed E-state index contributed by atoms with van der Waals surface area (Å²) < 4.78 is 0. The highest BCUT2D eigenvalue weighted by molar-refractivity contribution is 6.46. The molecule has 0 aliphatic rings. The fourth-order valence-corrected chi connectivity index (χ4v) is 1.29. The SMILES string of the molecule is Nc1c(Cl)nc(C(=O)O)c(Cl)c1Cl. The number of anilines is 1. The minimum Gasteiger partial charge on any atom is -0.476 e. The fourth-order valence-electron chi connectivity index (χ4n) is 0.662. The number of hydrogen-bond acceptors (Lipinski definition) is 3.